The number of esters is 1. The van der Waals surface area contributed by atoms with Crippen LogP contribution in [0.25, 0.3) is 0 Å². The molecule has 1 aromatic heterocycles. The molecule has 0 amide bonds. The predicted octanol–water partition coefficient (Wildman–Crippen LogP) is 0.320. The Kier molecular flexibility index (Phi) is 5.06. The van der Waals surface area contributed by atoms with Gasteiger partial charge in [0.05, 0.1) is 24.8 Å². The summed E-state index contributed by atoms with van der Waals surface area (Å²) >= 11 is 0. The van der Waals surface area contributed by atoms with E-state index in [1.54, 1.807) is 26.0 Å². The topological polar surface area (TPSA) is 106 Å². The van der Waals surface area contributed by atoms with Crippen LogP contribution in [-0.2, 0) is 9.53 Å². The SMILES string of the molecule is CCOC(=O)CC(O)C(O)c1cc(C)cc(N)n1. The first-order valence-electron chi connectivity index (χ1n) is 5.69. The Morgan fingerprint density at radius 3 is 2.72 bits per heavy atom. The number of hydrogen-bond donors (Lipinski definition) is 3. The monoisotopic (exact) mass is 254 g/mol. The van der Waals surface area contributed by atoms with Gasteiger partial charge < -0.3 is 20.7 Å². The number of aryl methyl sites for hydroxylation is 1. The van der Waals surface area contributed by atoms with E-state index in [1.807, 2.05) is 0 Å². The van der Waals surface area contributed by atoms with E-state index < -0.39 is 18.2 Å². The van der Waals surface area contributed by atoms with Gasteiger partial charge in [0.1, 0.15) is 11.9 Å². The highest BCUT2D eigenvalue weighted by atomic mass is 16.5. The molecule has 1 rings (SSSR count). The quantitative estimate of drug-likeness (QED) is 0.653. The zero-order valence-electron chi connectivity index (χ0n) is 10.5. The Balaban J connectivity index is 2.73. The standard InChI is InChI=1S/C12H18N2O4/c1-3-18-11(16)6-9(15)12(17)8-4-7(2)5-10(13)14-8/h4-5,9,12,15,17H,3,6H2,1-2H3,(H2,13,14). The molecular weight excluding hydrogens is 236 g/mol. The molecule has 6 heteroatoms. The van der Waals surface area contributed by atoms with Crippen LogP contribution in [-0.4, -0.2) is 33.9 Å². The molecule has 0 saturated heterocycles. The number of carbonyl (C=O) groups is 1. The Labute approximate surface area is 105 Å². The molecule has 4 N–H and O–H groups in total. The van der Waals surface area contributed by atoms with Crippen molar-refractivity contribution in [1.29, 1.82) is 0 Å². The van der Waals surface area contributed by atoms with Crippen LogP contribution in [0.1, 0.15) is 30.7 Å². The Morgan fingerprint density at radius 1 is 1.50 bits per heavy atom. The van der Waals surface area contributed by atoms with E-state index in [9.17, 15) is 15.0 Å². The number of carbonyl (C=O) groups excluding carboxylic acids is 1. The van der Waals surface area contributed by atoms with Crippen molar-refractivity contribution in [2.75, 3.05) is 12.3 Å². The number of nitrogen functional groups attached to an aromatic ring is 1. The first-order valence-corrected chi connectivity index (χ1v) is 5.69. The minimum absolute atomic E-state index is 0.233. The number of nitrogens with two attached hydrogens (primary N) is 1. The van der Waals surface area contributed by atoms with Crippen LogP contribution in [0.3, 0.4) is 0 Å². The van der Waals surface area contributed by atoms with Crippen molar-refractivity contribution in [3.8, 4) is 0 Å². The highest BCUT2D eigenvalue weighted by Crippen LogP contribution is 2.19. The molecule has 100 valence electrons. The number of ether oxygens (including phenoxy) is 1. The zero-order chi connectivity index (χ0) is 13.7. The summed E-state index contributed by atoms with van der Waals surface area (Å²) in [5, 5.41) is 19.6. The summed E-state index contributed by atoms with van der Waals surface area (Å²) in [6, 6.07) is 3.25. The molecule has 0 aliphatic heterocycles. The van der Waals surface area contributed by atoms with Crippen LogP contribution in [0, 0.1) is 6.92 Å². The molecule has 6 nitrogen and oxygen atoms in total. The smallest absolute Gasteiger partial charge is 0.308 e. The summed E-state index contributed by atoms with van der Waals surface area (Å²) in [5.41, 5.74) is 6.61. The average molecular weight is 254 g/mol. The Morgan fingerprint density at radius 2 is 2.17 bits per heavy atom. The largest absolute Gasteiger partial charge is 0.466 e. The lowest BCUT2D eigenvalue weighted by Crippen LogP contribution is -2.24. The number of aliphatic hydroxyl groups excluding tert-OH is 2. The molecule has 0 spiro atoms. The fourth-order valence-electron chi connectivity index (χ4n) is 1.57. The predicted molar refractivity (Wildman–Crippen MR) is 65.6 cm³/mol. The fraction of sp³-hybridized carbons (Fsp3) is 0.500. The number of hydrogen-bond acceptors (Lipinski definition) is 6. The number of pyridine rings is 1. The van der Waals surface area contributed by atoms with Crippen molar-refractivity contribution < 1.29 is 19.7 Å². The van der Waals surface area contributed by atoms with E-state index in [-0.39, 0.29) is 24.5 Å². The number of aliphatic hydroxyl groups is 2. The van der Waals surface area contributed by atoms with Crippen molar-refractivity contribution >= 4 is 11.8 Å². The summed E-state index contributed by atoms with van der Waals surface area (Å²) in [6.07, 6.45) is -2.82. The van der Waals surface area contributed by atoms with E-state index in [4.69, 9.17) is 10.5 Å². The maximum Gasteiger partial charge on any atom is 0.308 e. The maximum atomic E-state index is 11.2. The van der Waals surface area contributed by atoms with E-state index in [2.05, 4.69) is 4.98 Å². The molecule has 1 heterocycles. The van der Waals surface area contributed by atoms with Gasteiger partial charge in [-0.15, -0.1) is 0 Å². The summed E-state index contributed by atoms with van der Waals surface area (Å²) in [6.45, 7) is 3.70. The second-order valence-corrected chi connectivity index (χ2v) is 4.02. The molecule has 2 unspecified atom stereocenters. The minimum Gasteiger partial charge on any atom is -0.466 e. The fourth-order valence-corrected chi connectivity index (χ4v) is 1.57. The third-order valence-electron chi connectivity index (χ3n) is 2.36. The van der Waals surface area contributed by atoms with E-state index >= 15 is 0 Å². The van der Waals surface area contributed by atoms with Gasteiger partial charge >= 0.3 is 5.97 Å². The molecule has 0 aromatic carbocycles. The minimum atomic E-state index is -1.27. The number of anilines is 1. The molecule has 0 aliphatic rings. The molecule has 0 aliphatic carbocycles. The van der Waals surface area contributed by atoms with Crippen LogP contribution in [0.5, 0.6) is 0 Å². The molecule has 2 atom stereocenters. The van der Waals surface area contributed by atoms with Gasteiger partial charge in [0.25, 0.3) is 0 Å². The second kappa shape index (κ2) is 6.32. The molecule has 1 aromatic rings. The normalized spacial score (nSPS) is 14.0. The van der Waals surface area contributed by atoms with Crippen molar-refractivity contribution in [2.45, 2.75) is 32.5 Å². The maximum absolute atomic E-state index is 11.2. The third-order valence-corrected chi connectivity index (χ3v) is 2.36. The molecule has 18 heavy (non-hydrogen) atoms. The first-order chi connectivity index (χ1) is 8.43. The number of aromatic nitrogens is 1. The lowest BCUT2D eigenvalue weighted by Gasteiger charge is -2.17. The van der Waals surface area contributed by atoms with Gasteiger partial charge in [-0.3, -0.25) is 4.79 Å². The second-order valence-electron chi connectivity index (χ2n) is 4.02. The van der Waals surface area contributed by atoms with Gasteiger partial charge in [-0.2, -0.15) is 0 Å². The lowest BCUT2D eigenvalue weighted by atomic mass is 10.1. The van der Waals surface area contributed by atoms with Gasteiger partial charge in [0.2, 0.25) is 0 Å². The zero-order valence-corrected chi connectivity index (χ0v) is 10.5. The van der Waals surface area contributed by atoms with Crippen molar-refractivity contribution in [1.82, 2.24) is 4.98 Å². The summed E-state index contributed by atoms with van der Waals surface area (Å²) in [4.78, 5) is 15.1. The highest BCUT2D eigenvalue weighted by Gasteiger charge is 2.23. The summed E-state index contributed by atoms with van der Waals surface area (Å²) in [5.74, 6) is -0.308. The summed E-state index contributed by atoms with van der Waals surface area (Å²) < 4.78 is 4.69. The lowest BCUT2D eigenvalue weighted by molar-refractivity contribution is -0.147. The first kappa shape index (κ1) is 14.4. The van der Waals surface area contributed by atoms with Gasteiger partial charge in [-0.25, -0.2) is 4.98 Å². The average Bonchev–Trinajstić information content (AvgIpc) is 2.26. The van der Waals surface area contributed by atoms with Gasteiger partial charge in [0.15, 0.2) is 0 Å². The van der Waals surface area contributed by atoms with E-state index in [1.165, 1.54) is 0 Å². The van der Waals surface area contributed by atoms with Crippen LogP contribution in [0.2, 0.25) is 0 Å². The molecule has 0 saturated carbocycles. The Hall–Kier alpha value is -1.66. The van der Waals surface area contributed by atoms with E-state index in [0.717, 1.165) is 5.56 Å². The van der Waals surface area contributed by atoms with Crippen molar-refractivity contribution in [3.05, 3.63) is 23.4 Å². The highest BCUT2D eigenvalue weighted by molar-refractivity contribution is 5.70. The van der Waals surface area contributed by atoms with Crippen LogP contribution < -0.4 is 5.73 Å². The van der Waals surface area contributed by atoms with Gasteiger partial charge in [-0.1, -0.05) is 0 Å². The van der Waals surface area contributed by atoms with Crippen molar-refractivity contribution in [3.63, 3.8) is 0 Å². The van der Waals surface area contributed by atoms with E-state index in [0.29, 0.717) is 0 Å². The third kappa shape index (κ3) is 3.97. The molecule has 0 bridgehead atoms. The molecular formula is C12H18N2O4. The number of nitrogens with zero attached hydrogens (tertiary/aromatic N) is 1. The molecule has 0 fully saturated rings. The van der Waals surface area contributed by atoms with Gasteiger partial charge in [0, 0.05) is 0 Å². The molecule has 0 radical (unpaired) electrons. The van der Waals surface area contributed by atoms with Crippen LogP contribution in [0.4, 0.5) is 5.82 Å². The van der Waals surface area contributed by atoms with Crippen LogP contribution in [0.15, 0.2) is 12.1 Å². The number of rotatable bonds is 5. The summed E-state index contributed by atoms with van der Waals surface area (Å²) in [7, 11) is 0. The van der Waals surface area contributed by atoms with Crippen LogP contribution >= 0.6 is 0 Å². The van der Waals surface area contributed by atoms with Gasteiger partial charge in [-0.05, 0) is 31.5 Å². The van der Waals surface area contributed by atoms with Crippen molar-refractivity contribution in [2.24, 2.45) is 0 Å². The Bertz CT molecular complexity index is 402.